The summed E-state index contributed by atoms with van der Waals surface area (Å²) in [6.45, 7) is 2.78. The lowest BCUT2D eigenvalue weighted by Crippen LogP contribution is -2.56. The normalized spacial score (nSPS) is 17.0. The van der Waals surface area contributed by atoms with Gasteiger partial charge in [0.25, 0.3) is 5.56 Å². The van der Waals surface area contributed by atoms with Gasteiger partial charge in [-0.3, -0.25) is 9.59 Å². The summed E-state index contributed by atoms with van der Waals surface area (Å²) < 4.78 is 45.4. The summed E-state index contributed by atoms with van der Waals surface area (Å²) in [5.41, 5.74) is 0.816. The molecule has 2 aromatic rings. The van der Waals surface area contributed by atoms with E-state index in [0.29, 0.717) is 36.9 Å². The molecule has 2 heterocycles. The van der Waals surface area contributed by atoms with E-state index < -0.39 is 11.7 Å². The first kappa shape index (κ1) is 20.5. The quantitative estimate of drug-likeness (QED) is 0.716. The zero-order chi connectivity index (χ0) is 21.5. The van der Waals surface area contributed by atoms with Crippen LogP contribution in [-0.4, -0.2) is 34.6 Å². The van der Waals surface area contributed by atoms with E-state index in [1.807, 2.05) is 13.0 Å². The van der Waals surface area contributed by atoms with Crippen molar-refractivity contribution in [1.29, 1.82) is 0 Å². The number of alkyl halides is 3. The summed E-state index contributed by atoms with van der Waals surface area (Å²) in [5, 5.41) is 0. The van der Waals surface area contributed by atoms with Crippen molar-refractivity contribution in [3.8, 4) is 5.75 Å². The van der Waals surface area contributed by atoms with Crippen LogP contribution in [-0.2, 0) is 17.4 Å². The Morgan fingerprint density at radius 1 is 1.13 bits per heavy atom. The average molecular weight is 420 g/mol. The lowest BCUT2D eigenvalue weighted by atomic mass is 10.1. The number of carbonyl (C=O) groups is 1. The zero-order valence-corrected chi connectivity index (χ0v) is 16.6. The minimum Gasteiger partial charge on any atom is -0.486 e. The van der Waals surface area contributed by atoms with Crippen LogP contribution >= 0.6 is 0 Å². The third-order valence-corrected chi connectivity index (χ3v) is 5.56. The summed E-state index contributed by atoms with van der Waals surface area (Å²) in [6, 6.07) is 8.55. The number of ether oxygens (including phenoxy) is 1. The number of carbonyl (C=O) groups excluding carboxylic acids is 1. The number of aromatic nitrogens is 1. The zero-order valence-electron chi connectivity index (χ0n) is 16.6. The van der Waals surface area contributed by atoms with Gasteiger partial charge in [0.05, 0.1) is 18.7 Å². The van der Waals surface area contributed by atoms with Crippen LogP contribution in [0.25, 0.3) is 0 Å². The first-order valence-electron chi connectivity index (χ1n) is 10.0. The van der Waals surface area contributed by atoms with Gasteiger partial charge < -0.3 is 14.2 Å². The standard InChI is InChI=1S/C22H23F3N2O3/c1-14-10-18(11-21(29)27(14)17-7-8-17)30-19-12-26(13-19)20(28)9-4-15-2-5-16(6-3-15)22(23,24)25/h2-3,5-6,10-11,17,19H,4,7-9,12-13H2,1H3. The fraction of sp³-hybridized carbons (Fsp3) is 0.455. The second-order valence-corrected chi connectivity index (χ2v) is 8.01. The Balaban J connectivity index is 1.24. The highest BCUT2D eigenvalue weighted by Crippen LogP contribution is 2.35. The summed E-state index contributed by atoms with van der Waals surface area (Å²) >= 11 is 0. The number of aryl methyl sites for hydroxylation is 2. The SMILES string of the molecule is Cc1cc(OC2CN(C(=O)CCc3ccc(C(F)(F)F)cc3)C2)cc(=O)n1C1CC1. The van der Waals surface area contributed by atoms with Crippen molar-refractivity contribution in [3.05, 3.63) is 63.6 Å². The Kier molecular flexibility index (Phi) is 5.34. The first-order valence-corrected chi connectivity index (χ1v) is 10.0. The molecule has 0 radical (unpaired) electrons. The van der Waals surface area contributed by atoms with Gasteiger partial charge in [0.2, 0.25) is 5.91 Å². The highest BCUT2D eigenvalue weighted by atomic mass is 19.4. The largest absolute Gasteiger partial charge is 0.486 e. The van der Waals surface area contributed by atoms with Gasteiger partial charge in [-0.25, -0.2) is 0 Å². The molecule has 0 spiro atoms. The van der Waals surface area contributed by atoms with E-state index in [1.54, 1.807) is 9.47 Å². The highest BCUT2D eigenvalue weighted by Gasteiger charge is 2.33. The van der Waals surface area contributed by atoms with E-state index in [-0.39, 0.29) is 24.0 Å². The summed E-state index contributed by atoms with van der Waals surface area (Å²) in [6.07, 6.45) is -1.83. The molecule has 1 saturated heterocycles. The lowest BCUT2D eigenvalue weighted by molar-refractivity contribution is -0.140. The number of rotatable bonds is 6. The van der Waals surface area contributed by atoms with Gasteiger partial charge in [-0.1, -0.05) is 12.1 Å². The average Bonchev–Trinajstić information content (AvgIpc) is 3.46. The van der Waals surface area contributed by atoms with E-state index >= 15 is 0 Å². The molecule has 0 unspecified atom stereocenters. The third-order valence-electron chi connectivity index (χ3n) is 5.56. The number of benzene rings is 1. The molecular weight excluding hydrogens is 397 g/mol. The highest BCUT2D eigenvalue weighted by molar-refractivity contribution is 5.77. The van der Waals surface area contributed by atoms with Crippen molar-refractivity contribution in [2.45, 2.75) is 50.9 Å². The summed E-state index contributed by atoms with van der Waals surface area (Å²) in [7, 11) is 0. The fourth-order valence-electron chi connectivity index (χ4n) is 3.73. The molecule has 8 heteroatoms. The van der Waals surface area contributed by atoms with Crippen LogP contribution in [0.4, 0.5) is 13.2 Å². The second-order valence-electron chi connectivity index (χ2n) is 8.01. The van der Waals surface area contributed by atoms with Crippen molar-refractivity contribution in [1.82, 2.24) is 9.47 Å². The maximum atomic E-state index is 12.6. The third kappa shape index (κ3) is 4.52. The second kappa shape index (κ2) is 7.81. The topological polar surface area (TPSA) is 51.5 Å². The van der Waals surface area contributed by atoms with Gasteiger partial charge in [0.1, 0.15) is 11.9 Å². The van der Waals surface area contributed by atoms with Crippen LogP contribution in [0.1, 0.15) is 42.1 Å². The molecule has 0 N–H and O–H groups in total. The Morgan fingerprint density at radius 3 is 2.37 bits per heavy atom. The maximum absolute atomic E-state index is 12.6. The molecule has 2 aliphatic rings. The molecule has 4 rings (SSSR count). The van der Waals surface area contributed by atoms with Gasteiger partial charge in [-0.15, -0.1) is 0 Å². The van der Waals surface area contributed by atoms with E-state index in [4.69, 9.17) is 4.74 Å². The van der Waals surface area contributed by atoms with Crippen molar-refractivity contribution >= 4 is 5.91 Å². The molecule has 5 nitrogen and oxygen atoms in total. The molecule has 2 fully saturated rings. The number of likely N-dealkylation sites (tertiary alicyclic amines) is 1. The van der Waals surface area contributed by atoms with Gasteiger partial charge in [-0.2, -0.15) is 13.2 Å². The molecular formula is C22H23F3N2O3. The predicted octanol–water partition coefficient (Wildman–Crippen LogP) is 3.73. The predicted molar refractivity (Wildman–Crippen MR) is 104 cm³/mol. The summed E-state index contributed by atoms with van der Waals surface area (Å²) in [4.78, 5) is 26.2. The molecule has 0 bridgehead atoms. The molecule has 1 aromatic heterocycles. The van der Waals surface area contributed by atoms with Crippen LogP contribution in [0, 0.1) is 6.92 Å². The first-order chi connectivity index (χ1) is 14.2. The smallest absolute Gasteiger partial charge is 0.416 e. The van der Waals surface area contributed by atoms with Crippen LogP contribution in [0.15, 0.2) is 41.2 Å². The molecule has 1 aliphatic heterocycles. The van der Waals surface area contributed by atoms with Gasteiger partial charge in [-0.05, 0) is 49.9 Å². The van der Waals surface area contributed by atoms with Crippen LogP contribution in [0.3, 0.4) is 0 Å². The molecule has 30 heavy (non-hydrogen) atoms. The summed E-state index contributed by atoms with van der Waals surface area (Å²) in [5.74, 6) is 0.464. The van der Waals surface area contributed by atoms with Crippen LogP contribution in [0.5, 0.6) is 5.75 Å². The van der Waals surface area contributed by atoms with Crippen LogP contribution < -0.4 is 10.3 Å². The monoisotopic (exact) mass is 420 g/mol. The van der Waals surface area contributed by atoms with E-state index in [1.165, 1.54) is 18.2 Å². The Morgan fingerprint density at radius 2 is 1.80 bits per heavy atom. The van der Waals surface area contributed by atoms with E-state index in [9.17, 15) is 22.8 Å². The molecule has 1 aromatic carbocycles. The molecule has 160 valence electrons. The Labute approximate surface area is 172 Å². The van der Waals surface area contributed by atoms with E-state index in [2.05, 4.69) is 0 Å². The van der Waals surface area contributed by atoms with Gasteiger partial charge in [0.15, 0.2) is 0 Å². The number of halogens is 3. The number of nitrogens with zero attached hydrogens (tertiary/aromatic N) is 2. The Bertz CT molecular complexity index is 988. The minimum atomic E-state index is -4.36. The lowest BCUT2D eigenvalue weighted by Gasteiger charge is -2.39. The number of amides is 1. The van der Waals surface area contributed by atoms with Crippen LogP contribution in [0.2, 0.25) is 0 Å². The molecule has 0 atom stereocenters. The van der Waals surface area contributed by atoms with Crippen molar-refractivity contribution in [2.75, 3.05) is 13.1 Å². The van der Waals surface area contributed by atoms with E-state index in [0.717, 1.165) is 30.7 Å². The van der Waals surface area contributed by atoms with Crippen molar-refractivity contribution < 1.29 is 22.7 Å². The van der Waals surface area contributed by atoms with Gasteiger partial charge in [0, 0.05) is 24.2 Å². The molecule has 1 amide bonds. The molecule has 1 saturated carbocycles. The molecule has 1 aliphatic carbocycles. The number of hydrogen-bond acceptors (Lipinski definition) is 3. The fourth-order valence-corrected chi connectivity index (χ4v) is 3.73. The number of pyridine rings is 1. The van der Waals surface area contributed by atoms with Gasteiger partial charge >= 0.3 is 6.18 Å². The van der Waals surface area contributed by atoms with Crippen molar-refractivity contribution in [3.63, 3.8) is 0 Å². The maximum Gasteiger partial charge on any atom is 0.416 e. The minimum absolute atomic E-state index is 0.0590. The number of hydrogen-bond donors (Lipinski definition) is 0. The van der Waals surface area contributed by atoms with Crippen molar-refractivity contribution in [2.24, 2.45) is 0 Å². The Hall–Kier alpha value is -2.77.